The third kappa shape index (κ3) is 3.71. The summed E-state index contributed by atoms with van der Waals surface area (Å²) in [7, 11) is 0. The predicted octanol–water partition coefficient (Wildman–Crippen LogP) is 5.26. The van der Waals surface area contributed by atoms with Crippen LogP contribution in [-0.4, -0.2) is 19.5 Å². The number of hydrogen-bond donors (Lipinski definition) is 1. The van der Waals surface area contributed by atoms with Gasteiger partial charge in [0.05, 0.1) is 5.52 Å². The number of aryl methyl sites for hydroxylation is 1. The summed E-state index contributed by atoms with van der Waals surface area (Å²) in [5.41, 5.74) is 12.7. The summed E-state index contributed by atoms with van der Waals surface area (Å²) >= 11 is 0. The van der Waals surface area contributed by atoms with Crippen LogP contribution in [0.4, 0.5) is 5.82 Å². The molecule has 0 saturated carbocycles. The summed E-state index contributed by atoms with van der Waals surface area (Å²) in [6.07, 6.45) is 8.25. The maximum Gasteiger partial charge on any atom is 0.151 e. The number of hydrogen-bond acceptors (Lipinski definition) is 6. The number of nitrogens with zero attached hydrogens (tertiary/aromatic N) is 4. The molecule has 0 aliphatic heterocycles. The van der Waals surface area contributed by atoms with Gasteiger partial charge >= 0.3 is 0 Å². The largest absolute Gasteiger partial charge is 0.489 e. The number of aromatic nitrogens is 4. The SMILES string of the molecule is Nc1ncnc2c3c(n(-c4ccc(Oc5cccc(OCc6cccnc6)c5)cc4)c12)CCC3. The van der Waals surface area contributed by atoms with E-state index in [1.165, 1.54) is 11.3 Å². The van der Waals surface area contributed by atoms with E-state index in [1.54, 1.807) is 18.7 Å². The van der Waals surface area contributed by atoms with Crippen LogP contribution in [0.2, 0.25) is 0 Å². The molecule has 1 aliphatic carbocycles. The molecule has 2 N–H and O–H groups in total. The van der Waals surface area contributed by atoms with Gasteiger partial charge in [-0.3, -0.25) is 4.98 Å². The number of fused-ring (bicyclic) bond motifs is 3. The van der Waals surface area contributed by atoms with Crippen molar-refractivity contribution in [2.24, 2.45) is 0 Å². The van der Waals surface area contributed by atoms with E-state index in [1.807, 2.05) is 60.7 Å². The van der Waals surface area contributed by atoms with Gasteiger partial charge in [0.1, 0.15) is 35.7 Å². The molecule has 7 nitrogen and oxygen atoms in total. The van der Waals surface area contributed by atoms with E-state index in [-0.39, 0.29) is 0 Å². The molecule has 0 atom stereocenters. The van der Waals surface area contributed by atoms with Gasteiger partial charge in [-0.15, -0.1) is 0 Å². The Morgan fingerprint density at radius 1 is 0.912 bits per heavy atom. The van der Waals surface area contributed by atoms with E-state index in [4.69, 9.17) is 15.2 Å². The molecule has 168 valence electrons. The lowest BCUT2D eigenvalue weighted by molar-refractivity contribution is 0.304. The Bertz CT molecular complexity index is 1460. The Morgan fingerprint density at radius 3 is 2.65 bits per heavy atom. The highest BCUT2D eigenvalue weighted by molar-refractivity contribution is 5.91. The van der Waals surface area contributed by atoms with Crippen LogP contribution in [0.3, 0.4) is 0 Å². The number of nitrogen functional groups attached to an aromatic ring is 1. The molecule has 0 amide bonds. The topological polar surface area (TPSA) is 88.1 Å². The van der Waals surface area contributed by atoms with Crippen molar-refractivity contribution in [2.45, 2.75) is 25.9 Å². The predicted molar refractivity (Wildman–Crippen MR) is 130 cm³/mol. The second-order valence-electron chi connectivity index (χ2n) is 8.29. The summed E-state index contributed by atoms with van der Waals surface area (Å²) in [5.74, 6) is 2.69. The van der Waals surface area contributed by atoms with Crippen LogP contribution in [0.15, 0.2) is 79.4 Å². The van der Waals surface area contributed by atoms with Crippen molar-refractivity contribution in [1.29, 1.82) is 0 Å². The summed E-state index contributed by atoms with van der Waals surface area (Å²) in [6, 6.07) is 19.5. The highest BCUT2D eigenvalue weighted by Crippen LogP contribution is 2.36. The number of ether oxygens (including phenoxy) is 2. The highest BCUT2D eigenvalue weighted by atomic mass is 16.5. The third-order valence-electron chi connectivity index (χ3n) is 6.08. The summed E-state index contributed by atoms with van der Waals surface area (Å²) in [4.78, 5) is 12.9. The molecule has 0 saturated heterocycles. The molecule has 0 spiro atoms. The Labute approximate surface area is 196 Å². The molecule has 1 aliphatic rings. The number of benzene rings is 2. The number of anilines is 1. The lowest BCUT2D eigenvalue weighted by atomic mass is 10.2. The maximum atomic E-state index is 6.25. The minimum Gasteiger partial charge on any atom is -0.489 e. The zero-order valence-corrected chi connectivity index (χ0v) is 18.5. The number of nitrogens with two attached hydrogens (primary N) is 1. The van der Waals surface area contributed by atoms with Gasteiger partial charge in [0, 0.05) is 35.4 Å². The Hall–Kier alpha value is -4.39. The summed E-state index contributed by atoms with van der Waals surface area (Å²) < 4.78 is 14.2. The van der Waals surface area contributed by atoms with E-state index >= 15 is 0 Å². The lowest BCUT2D eigenvalue weighted by Gasteiger charge is -2.12. The average molecular weight is 450 g/mol. The second kappa shape index (κ2) is 8.51. The van der Waals surface area contributed by atoms with Crippen molar-refractivity contribution in [3.8, 4) is 22.9 Å². The first-order valence-corrected chi connectivity index (χ1v) is 11.3. The molecule has 34 heavy (non-hydrogen) atoms. The molecule has 6 rings (SSSR count). The monoisotopic (exact) mass is 449 g/mol. The minimum atomic E-state index is 0.452. The lowest BCUT2D eigenvalue weighted by Crippen LogP contribution is -2.02. The molecular formula is C27H23N5O2. The molecule has 3 heterocycles. The standard InChI is InChI=1S/C27H23N5O2/c28-27-26-25(30-17-31-27)23-7-2-8-24(23)32(26)19-9-11-20(12-10-19)34-22-6-1-5-21(14-22)33-16-18-4-3-13-29-15-18/h1,3-6,9-15,17H,2,7-8,16H2,(H2,28,30,31). The van der Waals surface area contributed by atoms with E-state index in [0.717, 1.165) is 53.0 Å². The Morgan fingerprint density at radius 2 is 1.79 bits per heavy atom. The molecule has 0 bridgehead atoms. The Balaban J connectivity index is 1.23. The van der Waals surface area contributed by atoms with Crippen molar-refractivity contribution >= 4 is 16.9 Å². The van der Waals surface area contributed by atoms with Gasteiger partial charge in [-0.2, -0.15) is 0 Å². The molecule has 3 aromatic heterocycles. The zero-order chi connectivity index (χ0) is 22.9. The molecule has 7 heteroatoms. The second-order valence-corrected chi connectivity index (χ2v) is 8.29. The minimum absolute atomic E-state index is 0.452. The van der Waals surface area contributed by atoms with Gasteiger partial charge in [-0.25, -0.2) is 9.97 Å². The summed E-state index contributed by atoms with van der Waals surface area (Å²) in [5, 5.41) is 0. The quantitative estimate of drug-likeness (QED) is 0.381. The van der Waals surface area contributed by atoms with Gasteiger partial charge < -0.3 is 19.8 Å². The third-order valence-corrected chi connectivity index (χ3v) is 6.08. The van der Waals surface area contributed by atoms with Crippen molar-refractivity contribution in [3.63, 3.8) is 0 Å². The average Bonchev–Trinajstić information content (AvgIpc) is 3.46. The fourth-order valence-electron chi connectivity index (χ4n) is 4.56. The smallest absolute Gasteiger partial charge is 0.151 e. The van der Waals surface area contributed by atoms with Crippen molar-refractivity contribution in [2.75, 3.05) is 5.73 Å². The van der Waals surface area contributed by atoms with Crippen LogP contribution in [0.1, 0.15) is 23.2 Å². The fourth-order valence-corrected chi connectivity index (χ4v) is 4.56. The molecule has 0 radical (unpaired) electrons. The van der Waals surface area contributed by atoms with Gasteiger partial charge in [-0.1, -0.05) is 12.1 Å². The molecule has 0 unspecified atom stereocenters. The van der Waals surface area contributed by atoms with Crippen LogP contribution >= 0.6 is 0 Å². The Kier molecular flexibility index (Phi) is 5.07. The van der Waals surface area contributed by atoms with Crippen LogP contribution in [0.25, 0.3) is 16.7 Å². The molecule has 5 aromatic rings. The first-order valence-electron chi connectivity index (χ1n) is 11.3. The fraction of sp³-hybridized carbons (Fsp3) is 0.148. The first kappa shape index (κ1) is 20.2. The van der Waals surface area contributed by atoms with E-state index in [2.05, 4.69) is 19.5 Å². The van der Waals surface area contributed by atoms with E-state index in [0.29, 0.717) is 18.2 Å². The van der Waals surface area contributed by atoms with Crippen molar-refractivity contribution in [3.05, 3.63) is 96.2 Å². The van der Waals surface area contributed by atoms with Gasteiger partial charge in [-0.05, 0) is 67.3 Å². The highest BCUT2D eigenvalue weighted by Gasteiger charge is 2.25. The van der Waals surface area contributed by atoms with Crippen LogP contribution in [0.5, 0.6) is 17.2 Å². The normalized spacial score (nSPS) is 12.6. The van der Waals surface area contributed by atoms with Gasteiger partial charge in [0.2, 0.25) is 0 Å². The van der Waals surface area contributed by atoms with Gasteiger partial charge in [0.25, 0.3) is 0 Å². The van der Waals surface area contributed by atoms with Crippen molar-refractivity contribution < 1.29 is 9.47 Å². The van der Waals surface area contributed by atoms with E-state index in [9.17, 15) is 0 Å². The molecule has 0 fully saturated rings. The number of rotatable bonds is 6. The molecular weight excluding hydrogens is 426 g/mol. The first-order chi connectivity index (χ1) is 16.8. The van der Waals surface area contributed by atoms with Crippen LogP contribution in [0, 0.1) is 0 Å². The van der Waals surface area contributed by atoms with Crippen LogP contribution in [-0.2, 0) is 19.4 Å². The van der Waals surface area contributed by atoms with E-state index < -0.39 is 0 Å². The zero-order valence-electron chi connectivity index (χ0n) is 18.5. The maximum absolute atomic E-state index is 6.25. The number of pyridine rings is 1. The summed E-state index contributed by atoms with van der Waals surface area (Å²) in [6.45, 7) is 0.452. The molecule has 2 aromatic carbocycles. The van der Waals surface area contributed by atoms with Gasteiger partial charge in [0.15, 0.2) is 5.82 Å². The van der Waals surface area contributed by atoms with Crippen molar-refractivity contribution in [1.82, 2.24) is 19.5 Å². The van der Waals surface area contributed by atoms with Crippen LogP contribution < -0.4 is 15.2 Å².